The Morgan fingerprint density at radius 2 is 1.62 bits per heavy atom. The molecule has 3 nitrogen and oxygen atoms in total. The summed E-state index contributed by atoms with van der Waals surface area (Å²) in [6, 6.07) is 18.3. The Kier molecular flexibility index (Phi) is 5.86. The number of carbonyl (C=O) groups is 1. The van der Waals surface area contributed by atoms with E-state index < -0.39 is 0 Å². The molecule has 0 heterocycles. The normalized spacial score (nSPS) is 13.8. The van der Waals surface area contributed by atoms with E-state index in [-0.39, 0.29) is 5.91 Å². The molecule has 0 radical (unpaired) electrons. The smallest absolute Gasteiger partial charge is 0.266 e. The van der Waals surface area contributed by atoms with Crippen molar-refractivity contribution in [1.82, 2.24) is 0 Å². The number of hydrogen-bond acceptors (Lipinski definition) is 2. The van der Waals surface area contributed by atoms with Crippen molar-refractivity contribution < 1.29 is 4.79 Å². The highest BCUT2D eigenvalue weighted by atomic mass is 16.1. The summed E-state index contributed by atoms with van der Waals surface area (Å²) in [5, 5.41) is 12.2. The summed E-state index contributed by atoms with van der Waals surface area (Å²) in [5.74, 6) is -0.259. The number of amides is 1. The topological polar surface area (TPSA) is 52.9 Å². The molecule has 4 rings (SSSR count). The van der Waals surface area contributed by atoms with Gasteiger partial charge in [0.05, 0.1) is 0 Å². The SMILES string of the molecule is CCc1ccccc1NC(=O)C(C#N)=C1CCCCC1.c1cc2ccc1-2. The zero-order chi connectivity index (χ0) is 18.4. The van der Waals surface area contributed by atoms with Crippen molar-refractivity contribution in [3.8, 4) is 17.2 Å². The number of nitrogens with one attached hydrogen (secondary N) is 1. The highest BCUT2D eigenvalue weighted by molar-refractivity contribution is 6.07. The first-order valence-electron chi connectivity index (χ1n) is 9.34. The summed E-state index contributed by atoms with van der Waals surface area (Å²) in [6.45, 7) is 2.05. The molecule has 3 aliphatic carbocycles. The van der Waals surface area contributed by atoms with E-state index in [1.807, 2.05) is 24.3 Å². The van der Waals surface area contributed by atoms with Gasteiger partial charge in [-0.3, -0.25) is 4.79 Å². The van der Waals surface area contributed by atoms with Crippen molar-refractivity contribution in [3.05, 3.63) is 65.2 Å². The molecule has 1 aromatic rings. The van der Waals surface area contributed by atoms with Gasteiger partial charge in [-0.2, -0.15) is 5.26 Å². The van der Waals surface area contributed by atoms with Crippen LogP contribution in [0.4, 0.5) is 5.69 Å². The summed E-state index contributed by atoms with van der Waals surface area (Å²) in [5.41, 5.74) is 6.08. The van der Waals surface area contributed by atoms with Crippen LogP contribution in [0, 0.1) is 11.3 Å². The summed E-state index contributed by atoms with van der Waals surface area (Å²) in [7, 11) is 0. The molecule has 26 heavy (non-hydrogen) atoms. The Morgan fingerprint density at radius 3 is 2.12 bits per heavy atom. The first kappa shape index (κ1) is 17.9. The van der Waals surface area contributed by atoms with E-state index in [2.05, 4.69) is 42.6 Å². The molecule has 0 atom stereocenters. The molecule has 0 unspecified atom stereocenters. The lowest BCUT2D eigenvalue weighted by Crippen LogP contribution is -2.17. The van der Waals surface area contributed by atoms with Gasteiger partial charge in [0.2, 0.25) is 0 Å². The van der Waals surface area contributed by atoms with Crippen LogP contribution < -0.4 is 5.32 Å². The number of carbonyl (C=O) groups excluding carboxylic acids is 1. The van der Waals surface area contributed by atoms with Crippen LogP contribution in [0.3, 0.4) is 0 Å². The highest BCUT2D eigenvalue weighted by Crippen LogP contribution is 2.29. The zero-order valence-corrected chi connectivity index (χ0v) is 15.2. The Morgan fingerprint density at radius 1 is 1.00 bits per heavy atom. The average molecular weight is 344 g/mol. The molecule has 0 aromatic heterocycles. The molecule has 0 spiro atoms. The predicted octanol–water partition coefficient (Wildman–Crippen LogP) is 5.64. The fourth-order valence-corrected chi connectivity index (χ4v) is 3.32. The number of rotatable bonds is 3. The van der Waals surface area contributed by atoms with E-state index in [0.717, 1.165) is 48.9 Å². The van der Waals surface area contributed by atoms with Gasteiger partial charge < -0.3 is 5.32 Å². The van der Waals surface area contributed by atoms with Crippen molar-refractivity contribution >= 4 is 11.6 Å². The molecule has 1 saturated carbocycles. The Hall–Kier alpha value is -2.86. The maximum Gasteiger partial charge on any atom is 0.266 e. The molecule has 3 aliphatic rings. The largest absolute Gasteiger partial charge is 0.321 e. The predicted molar refractivity (Wildman–Crippen MR) is 106 cm³/mol. The molecule has 0 bridgehead atoms. The molecule has 3 heteroatoms. The highest BCUT2D eigenvalue weighted by Gasteiger charge is 2.18. The van der Waals surface area contributed by atoms with Gasteiger partial charge in [-0.15, -0.1) is 0 Å². The van der Waals surface area contributed by atoms with E-state index in [0.29, 0.717) is 5.57 Å². The van der Waals surface area contributed by atoms with Crippen LogP contribution in [0.2, 0.25) is 0 Å². The fourth-order valence-electron chi connectivity index (χ4n) is 3.32. The molecule has 0 aliphatic heterocycles. The van der Waals surface area contributed by atoms with E-state index >= 15 is 0 Å². The first-order chi connectivity index (χ1) is 12.7. The number of benzene rings is 2. The maximum absolute atomic E-state index is 12.3. The second kappa shape index (κ2) is 8.49. The first-order valence-corrected chi connectivity index (χ1v) is 9.34. The fraction of sp³-hybridized carbons (Fsp3) is 0.304. The molecule has 1 N–H and O–H groups in total. The lowest BCUT2D eigenvalue weighted by Gasteiger charge is -2.16. The van der Waals surface area contributed by atoms with Crippen molar-refractivity contribution in [2.75, 3.05) is 5.32 Å². The van der Waals surface area contributed by atoms with E-state index in [9.17, 15) is 10.1 Å². The van der Waals surface area contributed by atoms with Crippen LogP contribution in [0.1, 0.15) is 44.6 Å². The van der Waals surface area contributed by atoms with Gasteiger partial charge in [0.1, 0.15) is 11.6 Å². The third-order valence-corrected chi connectivity index (χ3v) is 5.01. The number of anilines is 1. The third-order valence-electron chi connectivity index (χ3n) is 5.01. The number of para-hydroxylation sites is 1. The summed E-state index contributed by atoms with van der Waals surface area (Å²) < 4.78 is 0. The summed E-state index contributed by atoms with van der Waals surface area (Å²) in [4.78, 5) is 12.3. The molecular weight excluding hydrogens is 320 g/mol. The molecule has 0 saturated heterocycles. The van der Waals surface area contributed by atoms with Gasteiger partial charge in [-0.1, -0.05) is 55.8 Å². The van der Waals surface area contributed by atoms with E-state index in [4.69, 9.17) is 0 Å². The van der Waals surface area contributed by atoms with Gasteiger partial charge in [0, 0.05) is 5.69 Å². The van der Waals surface area contributed by atoms with Crippen LogP contribution in [-0.2, 0) is 11.2 Å². The van der Waals surface area contributed by atoms with Crippen molar-refractivity contribution in [1.29, 1.82) is 5.26 Å². The second-order valence-electron chi connectivity index (χ2n) is 6.69. The molecular formula is C23H24N2O. The summed E-state index contributed by atoms with van der Waals surface area (Å²) in [6.07, 6.45) is 5.98. The Bertz CT molecular complexity index is 828. The minimum atomic E-state index is -0.259. The number of hydrogen-bond donors (Lipinski definition) is 1. The summed E-state index contributed by atoms with van der Waals surface area (Å²) >= 11 is 0. The lowest BCUT2D eigenvalue weighted by molar-refractivity contribution is -0.112. The molecule has 1 fully saturated rings. The van der Waals surface area contributed by atoms with Gasteiger partial charge in [-0.05, 0) is 60.4 Å². The standard InChI is InChI=1S/C17H20N2O.C6H4/c1-2-13-8-6-7-11-16(13)19-17(20)15(12-18)14-9-4-3-5-10-14;1-2-6-4-3-5(1)6/h6-8,11H,2-5,9-10H2,1H3,(H,19,20);1-4H. The number of fused-ring (bicyclic) bond motifs is 1. The van der Waals surface area contributed by atoms with Crippen LogP contribution in [0.15, 0.2) is 59.7 Å². The lowest BCUT2D eigenvalue weighted by atomic mass is 9.91. The van der Waals surface area contributed by atoms with Crippen LogP contribution in [0.25, 0.3) is 11.1 Å². The molecule has 1 amide bonds. The van der Waals surface area contributed by atoms with Crippen molar-refractivity contribution in [2.45, 2.75) is 45.4 Å². The zero-order valence-electron chi connectivity index (χ0n) is 15.2. The Labute approximate surface area is 155 Å². The van der Waals surface area contributed by atoms with Gasteiger partial charge in [0.15, 0.2) is 0 Å². The number of allylic oxidation sites excluding steroid dienone is 1. The van der Waals surface area contributed by atoms with Crippen LogP contribution in [0.5, 0.6) is 0 Å². The Balaban J connectivity index is 0.000000269. The van der Waals surface area contributed by atoms with E-state index in [1.165, 1.54) is 17.5 Å². The van der Waals surface area contributed by atoms with Crippen molar-refractivity contribution in [3.63, 3.8) is 0 Å². The molecule has 132 valence electrons. The van der Waals surface area contributed by atoms with Gasteiger partial charge in [-0.25, -0.2) is 0 Å². The van der Waals surface area contributed by atoms with Gasteiger partial charge >= 0.3 is 0 Å². The quantitative estimate of drug-likeness (QED) is 0.494. The van der Waals surface area contributed by atoms with E-state index in [1.54, 1.807) is 0 Å². The monoisotopic (exact) mass is 344 g/mol. The number of nitrogens with zero attached hydrogens (tertiary/aromatic N) is 1. The van der Waals surface area contributed by atoms with Crippen LogP contribution in [-0.4, -0.2) is 5.91 Å². The number of aryl methyl sites for hydroxylation is 1. The average Bonchev–Trinajstić information content (AvgIpc) is 2.67. The van der Waals surface area contributed by atoms with Gasteiger partial charge in [0.25, 0.3) is 5.91 Å². The minimum Gasteiger partial charge on any atom is -0.321 e. The third kappa shape index (κ3) is 4.03. The van der Waals surface area contributed by atoms with Crippen LogP contribution >= 0.6 is 0 Å². The minimum absolute atomic E-state index is 0.259. The maximum atomic E-state index is 12.3. The molecule has 1 aromatic carbocycles. The van der Waals surface area contributed by atoms with Crippen molar-refractivity contribution in [2.24, 2.45) is 0 Å². The number of nitriles is 1. The second-order valence-corrected chi connectivity index (χ2v) is 6.69.